The molecule has 7 aromatic carbocycles. The largest absolute Gasteiger partial charge is 0.236 e. The van der Waals surface area contributed by atoms with E-state index in [0.29, 0.717) is 0 Å². The number of benzene rings is 7. The van der Waals surface area contributed by atoms with Gasteiger partial charge in [-0.3, -0.25) is 0 Å². The highest BCUT2D eigenvalue weighted by molar-refractivity contribution is 7.22. The fraction of sp³-hybridized carbons (Fsp3) is 0.120. The summed E-state index contributed by atoms with van der Waals surface area (Å²) in [7, 11) is 0. The predicted molar refractivity (Wildman–Crippen MR) is 230 cm³/mol. The number of aromatic nitrogens is 2. The maximum Gasteiger partial charge on any atom is 0.124 e. The number of fused-ring (bicyclic) bond motifs is 9. The molecule has 4 heteroatoms. The third kappa shape index (κ3) is 4.63. The highest BCUT2D eigenvalue weighted by Gasteiger charge is 2.43. The molecule has 2 aliphatic rings. The van der Waals surface area contributed by atoms with Crippen molar-refractivity contribution in [2.75, 3.05) is 0 Å². The van der Waals surface area contributed by atoms with E-state index in [-0.39, 0.29) is 10.8 Å². The molecule has 0 atom stereocenters. The summed E-state index contributed by atoms with van der Waals surface area (Å²) in [6.07, 6.45) is 0. The van der Waals surface area contributed by atoms with Crippen LogP contribution in [0.4, 0.5) is 0 Å². The maximum atomic E-state index is 5.07. The summed E-state index contributed by atoms with van der Waals surface area (Å²) in [6, 6.07) is 53.7. The lowest BCUT2D eigenvalue weighted by Gasteiger charge is -2.24. The molecule has 9 aromatic rings. The van der Waals surface area contributed by atoms with Gasteiger partial charge in [0, 0.05) is 22.0 Å². The van der Waals surface area contributed by atoms with Crippen molar-refractivity contribution in [2.24, 2.45) is 0 Å². The van der Waals surface area contributed by atoms with Crippen molar-refractivity contribution in [1.82, 2.24) is 9.97 Å². The zero-order valence-corrected chi connectivity index (χ0v) is 32.2. The summed E-state index contributed by atoms with van der Waals surface area (Å²) in [5.41, 5.74) is 20.2. The first-order valence-corrected chi connectivity index (χ1v) is 20.3. The van der Waals surface area contributed by atoms with Crippen LogP contribution in [-0.2, 0) is 10.8 Å². The van der Waals surface area contributed by atoms with E-state index in [2.05, 4.69) is 173 Å². The smallest absolute Gasteiger partial charge is 0.124 e. The molecule has 0 spiro atoms. The van der Waals surface area contributed by atoms with Crippen LogP contribution in [0.1, 0.15) is 49.9 Å². The van der Waals surface area contributed by atoms with Gasteiger partial charge < -0.3 is 0 Å². The quantitative estimate of drug-likeness (QED) is 0.180. The summed E-state index contributed by atoms with van der Waals surface area (Å²) in [6.45, 7) is 9.54. The minimum Gasteiger partial charge on any atom is -0.236 e. The topological polar surface area (TPSA) is 25.8 Å². The molecule has 0 N–H and O–H groups in total. The van der Waals surface area contributed by atoms with E-state index in [1.54, 1.807) is 22.7 Å². The molecule has 258 valence electrons. The van der Waals surface area contributed by atoms with Gasteiger partial charge in [-0.15, -0.1) is 22.7 Å². The average Bonchev–Trinajstić information content (AvgIpc) is 3.95. The third-order valence-corrected chi connectivity index (χ3v) is 14.1. The van der Waals surface area contributed by atoms with Crippen molar-refractivity contribution in [2.45, 2.75) is 38.5 Å². The molecule has 0 fully saturated rings. The van der Waals surface area contributed by atoms with Crippen LogP contribution < -0.4 is 0 Å². The number of rotatable bonds is 4. The van der Waals surface area contributed by atoms with Crippen LogP contribution in [0, 0.1) is 0 Å². The number of hydrogen-bond acceptors (Lipinski definition) is 4. The molecule has 2 aromatic heterocycles. The van der Waals surface area contributed by atoms with Crippen LogP contribution in [0.15, 0.2) is 146 Å². The highest BCUT2D eigenvalue weighted by Crippen LogP contribution is 2.59. The Morgan fingerprint density at radius 3 is 1.48 bits per heavy atom. The Balaban J connectivity index is 1.04. The average molecular weight is 729 g/mol. The van der Waals surface area contributed by atoms with Crippen molar-refractivity contribution in [3.8, 4) is 65.6 Å². The van der Waals surface area contributed by atoms with Crippen molar-refractivity contribution in [1.29, 1.82) is 0 Å². The number of para-hydroxylation sites is 2. The second-order valence-corrected chi connectivity index (χ2v) is 17.9. The van der Waals surface area contributed by atoms with Gasteiger partial charge in [0.2, 0.25) is 0 Å². The van der Waals surface area contributed by atoms with E-state index >= 15 is 0 Å². The third-order valence-electron chi connectivity index (χ3n) is 11.9. The molecule has 2 nitrogen and oxygen atoms in total. The van der Waals surface area contributed by atoms with Crippen molar-refractivity contribution in [3.63, 3.8) is 0 Å². The lowest BCUT2D eigenvalue weighted by atomic mass is 9.79. The molecular formula is C50H36N2S2. The molecule has 54 heavy (non-hydrogen) atoms. The minimum atomic E-state index is -0.118. The van der Waals surface area contributed by atoms with Crippen LogP contribution in [0.2, 0.25) is 0 Å². The van der Waals surface area contributed by atoms with Gasteiger partial charge >= 0.3 is 0 Å². The summed E-state index contributed by atoms with van der Waals surface area (Å²) in [5, 5.41) is 2.05. The number of nitrogens with zero attached hydrogens (tertiary/aromatic N) is 2. The Morgan fingerprint density at radius 2 is 0.852 bits per heavy atom. The Hall–Kier alpha value is -5.68. The highest BCUT2D eigenvalue weighted by atomic mass is 32.1. The zero-order valence-electron chi connectivity index (χ0n) is 30.6. The summed E-state index contributed by atoms with van der Waals surface area (Å²) in [4.78, 5) is 10.1. The lowest BCUT2D eigenvalue weighted by molar-refractivity contribution is 0.651. The minimum absolute atomic E-state index is 0.0224. The van der Waals surface area contributed by atoms with E-state index in [1.165, 1.54) is 70.6 Å². The monoisotopic (exact) mass is 728 g/mol. The van der Waals surface area contributed by atoms with Crippen molar-refractivity contribution < 1.29 is 0 Å². The molecule has 2 aliphatic carbocycles. The van der Waals surface area contributed by atoms with Gasteiger partial charge in [0.25, 0.3) is 0 Å². The van der Waals surface area contributed by atoms with E-state index in [9.17, 15) is 0 Å². The second-order valence-electron chi connectivity index (χ2n) is 15.8. The fourth-order valence-corrected chi connectivity index (χ4v) is 11.0. The molecule has 0 radical (unpaired) electrons. The fourth-order valence-electron chi connectivity index (χ4n) is 9.11. The maximum absolute atomic E-state index is 5.07. The molecule has 2 heterocycles. The van der Waals surface area contributed by atoms with Gasteiger partial charge in [0.1, 0.15) is 10.0 Å². The molecule has 11 rings (SSSR count). The molecular weight excluding hydrogens is 693 g/mol. The molecule has 0 aliphatic heterocycles. The first-order chi connectivity index (χ1) is 26.2. The van der Waals surface area contributed by atoms with E-state index < -0.39 is 0 Å². The van der Waals surface area contributed by atoms with Crippen molar-refractivity contribution in [3.05, 3.63) is 168 Å². The van der Waals surface area contributed by atoms with Crippen LogP contribution in [0.3, 0.4) is 0 Å². The van der Waals surface area contributed by atoms with E-state index in [1.807, 2.05) is 0 Å². The van der Waals surface area contributed by atoms with Crippen LogP contribution in [0.25, 0.3) is 86.1 Å². The Bertz CT molecular complexity index is 2850. The predicted octanol–water partition coefficient (Wildman–Crippen LogP) is 14.2. The molecule has 0 saturated carbocycles. The van der Waals surface area contributed by atoms with Gasteiger partial charge in [-0.1, -0.05) is 119 Å². The normalized spacial score (nSPS) is 14.6. The Labute approximate surface area is 323 Å². The standard InChI is InChI=1S/C50H36N2S2/c1-49(2)37-15-6-5-14-35(37)45-38(49)22-23-39-46(45)36-21-20-31(28-40(36)50(39,3)4)29-12-11-13-30(24-29)32-25-33(47-51-41-16-7-9-18-43(41)53-47)27-34(26-32)48-52-42-17-8-10-19-44(42)54-48/h5-28H,1-4H3. The summed E-state index contributed by atoms with van der Waals surface area (Å²) < 4.78 is 2.39. The van der Waals surface area contributed by atoms with E-state index in [0.717, 1.165) is 37.7 Å². The van der Waals surface area contributed by atoms with Crippen molar-refractivity contribution >= 4 is 43.1 Å². The SMILES string of the molecule is CC1(C)c2ccccc2-c2c1ccc1c2-c2ccc(-c3cccc(-c4cc(-c5nc6ccccc6s5)cc(-c5nc6ccccc6s5)c4)c3)cc2C1(C)C. The Morgan fingerprint density at radius 1 is 0.370 bits per heavy atom. The van der Waals surface area contributed by atoms with E-state index in [4.69, 9.17) is 9.97 Å². The second kappa shape index (κ2) is 11.4. The van der Waals surface area contributed by atoms with Gasteiger partial charge in [-0.05, 0) is 121 Å². The number of thiazole rings is 2. The van der Waals surface area contributed by atoms with Gasteiger partial charge in [0.15, 0.2) is 0 Å². The van der Waals surface area contributed by atoms with Gasteiger partial charge in [-0.2, -0.15) is 0 Å². The molecule has 0 amide bonds. The Kier molecular flexibility index (Phi) is 6.72. The van der Waals surface area contributed by atoms with Crippen LogP contribution in [0.5, 0.6) is 0 Å². The summed E-state index contributed by atoms with van der Waals surface area (Å²) in [5.74, 6) is 0. The number of hydrogen-bond donors (Lipinski definition) is 0. The van der Waals surface area contributed by atoms with Crippen LogP contribution >= 0.6 is 22.7 Å². The lowest BCUT2D eigenvalue weighted by Crippen LogP contribution is -2.17. The van der Waals surface area contributed by atoms with Crippen LogP contribution in [-0.4, -0.2) is 9.97 Å². The summed E-state index contributed by atoms with van der Waals surface area (Å²) >= 11 is 3.49. The van der Waals surface area contributed by atoms with Gasteiger partial charge in [-0.25, -0.2) is 9.97 Å². The first-order valence-electron chi connectivity index (χ1n) is 18.6. The molecule has 0 bridgehead atoms. The molecule has 0 saturated heterocycles. The molecule has 0 unspecified atom stereocenters. The zero-order chi connectivity index (χ0) is 36.3. The first kappa shape index (κ1) is 31.8. The van der Waals surface area contributed by atoms with Gasteiger partial charge in [0.05, 0.1) is 20.4 Å².